The van der Waals surface area contributed by atoms with E-state index >= 15 is 0 Å². The molecule has 1 amide bonds. The molecule has 10 nitrogen and oxygen atoms in total. The monoisotopic (exact) mass is 468 g/mol. The molecule has 1 aromatic carbocycles. The number of carbonyl (C=O) groups is 1. The fraction of sp³-hybridized carbons (Fsp3) is 0.696. The van der Waals surface area contributed by atoms with E-state index in [0.29, 0.717) is 26.4 Å². The van der Waals surface area contributed by atoms with Gasteiger partial charge in [-0.3, -0.25) is 4.90 Å². The Morgan fingerprint density at radius 3 is 2.58 bits per heavy atom. The molecule has 3 rings (SSSR count). The van der Waals surface area contributed by atoms with E-state index in [1.807, 2.05) is 30.3 Å². The van der Waals surface area contributed by atoms with Gasteiger partial charge in [-0.15, -0.1) is 0 Å². The number of benzene rings is 1. The summed E-state index contributed by atoms with van der Waals surface area (Å²) in [5.74, 6) is 0. The summed E-state index contributed by atoms with van der Waals surface area (Å²) in [6.45, 7) is 7.35. The third kappa shape index (κ3) is 7.89. The van der Waals surface area contributed by atoms with E-state index in [1.54, 1.807) is 13.8 Å². The van der Waals surface area contributed by atoms with Crippen molar-refractivity contribution in [3.8, 4) is 0 Å². The van der Waals surface area contributed by atoms with Crippen LogP contribution < -0.4 is 5.32 Å². The van der Waals surface area contributed by atoms with E-state index in [0.717, 1.165) is 18.7 Å². The van der Waals surface area contributed by atoms with Gasteiger partial charge in [0.2, 0.25) is 0 Å². The maximum absolute atomic E-state index is 12.3. The number of rotatable bonds is 10. The van der Waals surface area contributed by atoms with E-state index in [9.17, 15) is 15.0 Å². The number of nitrogens with one attached hydrogen (secondary N) is 1. The van der Waals surface area contributed by atoms with Crippen LogP contribution in [0.3, 0.4) is 0 Å². The average Bonchev–Trinajstić information content (AvgIpc) is 2.81. The Morgan fingerprint density at radius 2 is 1.91 bits per heavy atom. The van der Waals surface area contributed by atoms with Crippen LogP contribution in [0.25, 0.3) is 0 Å². The van der Waals surface area contributed by atoms with Crippen LogP contribution >= 0.6 is 0 Å². The zero-order chi connectivity index (χ0) is 23.6. The smallest absolute Gasteiger partial charge is 0.407 e. The SMILES string of the molecule is CC(C)NC(=O)O[C@@H]1[C@@H](O)[C@H](OCCN2CCOCC2)O[C@H](CO)[C@H]1OCc1ccccc1. The van der Waals surface area contributed by atoms with E-state index < -0.39 is 36.8 Å². The number of ether oxygens (including phenoxy) is 5. The van der Waals surface area contributed by atoms with E-state index in [1.165, 1.54) is 0 Å². The molecule has 0 unspecified atom stereocenters. The number of hydrogen-bond acceptors (Lipinski definition) is 9. The van der Waals surface area contributed by atoms with Gasteiger partial charge in [-0.05, 0) is 19.4 Å². The van der Waals surface area contributed by atoms with Crippen molar-refractivity contribution < 1.29 is 38.7 Å². The molecule has 10 heteroatoms. The number of aliphatic hydroxyl groups excluding tert-OH is 2. The molecular weight excluding hydrogens is 432 g/mol. The Kier molecular flexibility index (Phi) is 10.3. The van der Waals surface area contributed by atoms with Gasteiger partial charge in [-0.25, -0.2) is 4.79 Å². The van der Waals surface area contributed by atoms with Crippen LogP contribution in [0.5, 0.6) is 0 Å². The first kappa shape index (κ1) is 25.8. The van der Waals surface area contributed by atoms with Gasteiger partial charge in [-0.1, -0.05) is 30.3 Å². The van der Waals surface area contributed by atoms with E-state index in [4.69, 9.17) is 23.7 Å². The Balaban J connectivity index is 1.66. The highest BCUT2D eigenvalue weighted by molar-refractivity contribution is 5.67. The Hall–Kier alpha value is -1.79. The minimum Gasteiger partial charge on any atom is -0.440 e. The summed E-state index contributed by atoms with van der Waals surface area (Å²) in [4.78, 5) is 14.5. The summed E-state index contributed by atoms with van der Waals surface area (Å²) in [6, 6.07) is 9.31. The second-order valence-electron chi connectivity index (χ2n) is 8.47. The van der Waals surface area contributed by atoms with Crippen LogP contribution in [-0.4, -0.2) is 104 Å². The quantitative estimate of drug-likeness (QED) is 0.451. The Morgan fingerprint density at radius 1 is 1.18 bits per heavy atom. The van der Waals surface area contributed by atoms with Crippen LogP contribution in [0.15, 0.2) is 30.3 Å². The third-order valence-corrected chi connectivity index (χ3v) is 5.52. The molecule has 2 heterocycles. The topological polar surface area (TPSA) is 119 Å². The average molecular weight is 469 g/mol. The lowest BCUT2D eigenvalue weighted by Crippen LogP contribution is -2.62. The number of carbonyl (C=O) groups excluding carboxylic acids is 1. The molecule has 0 aromatic heterocycles. The van der Waals surface area contributed by atoms with Crippen molar-refractivity contribution >= 4 is 6.09 Å². The van der Waals surface area contributed by atoms with Crippen molar-refractivity contribution in [3.63, 3.8) is 0 Å². The minimum atomic E-state index is -1.30. The van der Waals surface area contributed by atoms with E-state index in [2.05, 4.69) is 10.2 Å². The summed E-state index contributed by atoms with van der Waals surface area (Å²) in [5, 5.41) is 23.6. The maximum Gasteiger partial charge on any atom is 0.407 e. The third-order valence-electron chi connectivity index (χ3n) is 5.52. The first-order valence-corrected chi connectivity index (χ1v) is 11.5. The lowest BCUT2D eigenvalue weighted by atomic mass is 9.98. The van der Waals surface area contributed by atoms with Crippen molar-refractivity contribution in [2.75, 3.05) is 46.1 Å². The summed E-state index contributed by atoms with van der Waals surface area (Å²) in [6.07, 6.45) is -5.88. The predicted molar refractivity (Wildman–Crippen MR) is 119 cm³/mol. The zero-order valence-corrected chi connectivity index (χ0v) is 19.3. The molecule has 0 bridgehead atoms. The summed E-state index contributed by atoms with van der Waals surface area (Å²) in [7, 11) is 0. The number of nitrogens with zero attached hydrogens (tertiary/aromatic N) is 1. The first-order chi connectivity index (χ1) is 16.0. The zero-order valence-electron chi connectivity index (χ0n) is 19.3. The Labute approximate surface area is 194 Å². The van der Waals surface area contributed by atoms with Gasteiger partial charge in [0.15, 0.2) is 12.4 Å². The molecule has 186 valence electrons. The molecule has 2 saturated heterocycles. The van der Waals surface area contributed by atoms with Crippen molar-refractivity contribution in [2.45, 2.75) is 57.2 Å². The van der Waals surface area contributed by atoms with Gasteiger partial charge >= 0.3 is 6.09 Å². The molecular formula is C23H36N2O8. The molecule has 5 atom stereocenters. The molecule has 0 saturated carbocycles. The summed E-state index contributed by atoms with van der Waals surface area (Å²) >= 11 is 0. The summed E-state index contributed by atoms with van der Waals surface area (Å²) < 4.78 is 28.5. The lowest BCUT2D eigenvalue weighted by molar-refractivity contribution is -0.308. The van der Waals surface area contributed by atoms with Crippen LogP contribution in [0, 0.1) is 0 Å². The van der Waals surface area contributed by atoms with Crippen LogP contribution in [-0.2, 0) is 30.3 Å². The summed E-state index contributed by atoms with van der Waals surface area (Å²) in [5.41, 5.74) is 0.901. The van der Waals surface area contributed by atoms with Crippen LogP contribution in [0.2, 0.25) is 0 Å². The van der Waals surface area contributed by atoms with Crippen molar-refractivity contribution in [2.24, 2.45) is 0 Å². The van der Waals surface area contributed by atoms with Crippen LogP contribution in [0.4, 0.5) is 4.79 Å². The number of aliphatic hydroxyl groups is 2. The lowest BCUT2D eigenvalue weighted by Gasteiger charge is -2.43. The van der Waals surface area contributed by atoms with Crippen molar-refractivity contribution in [1.29, 1.82) is 0 Å². The molecule has 2 aliphatic rings. The van der Waals surface area contributed by atoms with Crippen LogP contribution in [0.1, 0.15) is 19.4 Å². The molecule has 3 N–H and O–H groups in total. The highest BCUT2D eigenvalue weighted by Gasteiger charge is 2.48. The molecule has 2 aliphatic heterocycles. The number of morpholine rings is 1. The van der Waals surface area contributed by atoms with E-state index in [-0.39, 0.29) is 19.3 Å². The molecule has 1 aromatic rings. The molecule has 0 aliphatic carbocycles. The second-order valence-corrected chi connectivity index (χ2v) is 8.47. The second kappa shape index (κ2) is 13.2. The van der Waals surface area contributed by atoms with Gasteiger partial charge in [0.25, 0.3) is 0 Å². The largest absolute Gasteiger partial charge is 0.440 e. The van der Waals surface area contributed by atoms with Gasteiger partial charge in [0, 0.05) is 25.7 Å². The van der Waals surface area contributed by atoms with Gasteiger partial charge in [0.1, 0.15) is 18.3 Å². The van der Waals surface area contributed by atoms with Gasteiger partial charge in [0.05, 0.1) is 33.0 Å². The Bertz CT molecular complexity index is 701. The number of amides is 1. The van der Waals surface area contributed by atoms with Gasteiger partial charge in [-0.2, -0.15) is 0 Å². The fourth-order valence-corrected chi connectivity index (χ4v) is 3.80. The standard InChI is InChI=1S/C23H36N2O8/c1-16(2)24-23(28)33-21-19(27)22(30-13-10-25-8-11-29-12-9-25)32-18(14-26)20(21)31-15-17-6-4-3-5-7-17/h3-7,16,18-22,26-27H,8-15H2,1-2H3,(H,24,28)/t18-,19-,20-,21-,22-/m1/s1. The molecule has 33 heavy (non-hydrogen) atoms. The van der Waals surface area contributed by atoms with Crippen molar-refractivity contribution in [1.82, 2.24) is 10.2 Å². The molecule has 2 fully saturated rings. The first-order valence-electron chi connectivity index (χ1n) is 11.5. The number of alkyl carbamates (subject to hydrolysis) is 1. The minimum absolute atomic E-state index is 0.146. The molecule has 0 spiro atoms. The number of hydrogen-bond donors (Lipinski definition) is 3. The maximum atomic E-state index is 12.3. The predicted octanol–water partition coefficient (Wildman–Crippen LogP) is 0.502. The highest BCUT2D eigenvalue weighted by atomic mass is 16.7. The highest BCUT2D eigenvalue weighted by Crippen LogP contribution is 2.27. The van der Waals surface area contributed by atoms with Gasteiger partial charge < -0.3 is 39.2 Å². The van der Waals surface area contributed by atoms with Crippen molar-refractivity contribution in [3.05, 3.63) is 35.9 Å². The molecule has 0 radical (unpaired) electrons. The fourth-order valence-electron chi connectivity index (χ4n) is 3.80. The normalized spacial score (nSPS) is 28.6.